The zero-order valence-corrected chi connectivity index (χ0v) is 17.2. The molecule has 2 heterocycles. The van der Waals surface area contributed by atoms with Gasteiger partial charge in [-0.05, 0) is 24.1 Å². The normalized spacial score (nSPS) is 22.0. The summed E-state index contributed by atoms with van der Waals surface area (Å²) in [5, 5.41) is 3.94. The molecule has 3 amide bonds. The maximum atomic E-state index is 12.5. The molecule has 0 spiro atoms. The van der Waals surface area contributed by atoms with Crippen LogP contribution in [0.5, 0.6) is 0 Å². The second-order valence-electron chi connectivity index (χ2n) is 6.84. The first-order chi connectivity index (χ1) is 13.0. The highest BCUT2D eigenvalue weighted by Gasteiger charge is 2.48. The van der Waals surface area contributed by atoms with Crippen LogP contribution in [0.4, 0.5) is 4.79 Å². The summed E-state index contributed by atoms with van der Waals surface area (Å²) in [7, 11) is 1.68. The fourth-order valence-corrected chi connectivity index (χ4v) is 4.45. The van der Waals surface area contributed by atoms with Gasteiger partial charge < -0.3 is 9.80 Å². The number of hydrogen-bond donors (Lipinski definition) is 1. The number of halogens is 1. The van der Waals surface area contributed by atoms with Crippen molar-refractivity contribution >= 4 is 40.5 Å². The molecule has 1 N–H and O–H groups in total. The van der Waals surface area contributed by atoms with Gasteiger partial charge >= 0.3 is 6.03 Å². The van der Waals surface area contributed by atoms with E-state index in [2.05, 4.69) is 12.2 Å². The lowest BCUT2D eigenvalue weighted by atomic mass is 10.1. The molecule has 2 aliphatic rings. The second-order valence-corrected chi connectivity index (χ2v) is 8.34. The number of imide groups is 1. The highest BCUT2D eigenvalue weighted by Crippen LogP contribution is 2.30. The van der Waals surface area contributed by atoms with Crippen LogP contribution in [0.2, 0.25) is 5.02 Å². The molecule has 3 rings (SSSR count). The topological polar surface area (TPSA) is 65.0 Å². The van der Waals surface area contributed by atoms with E-state index in [0.717, 1.165) is 22.9 Å². The zero-order valence-electron chi connectivity index (χ0n) is 15.7. The summed E-state index contributed by atoms with van der Waals surface area (Å²) < 4.78 is 0. The molecule has 0 bridgehead atoms. The summed E-state index contributed by atoms with van der Waals surface area (Å²) in [6.45, 7) is 2.74. The number of fused-ring (bicyclic) bond motifs is 1. The molecular formula is C19H25ClN4O2S. The molecule has 2 unspecified atom stereocenters. The van der Waals surface area contributed by atoms with Gasteiger partial charge in [-0.2, -0.15) is 0 Å². The first-order valence-electron chi connectivity index (χ1n) is 9.30. The Morgan fingerprint density at radius 3 is 2.63 bits per heavy atom. The number of nitrogens with one attached hydrogen (secondary N) is 1. The predicted molar refractivity (Wildman–Crippen MR) is 110 cm³/mol. The Morgan fingerprint density at radius 1 is 1.19 bits per heavy atom. The van der Waals surface area contributed by atoms with E-state index in [4.69, 9.17) is 16.6 Å². The average molecular weight is 409 g/mol. The van der Waals surface area contributed by atoms with Gasteiger partial charge in [-0.15, -0.1) is 0 Å². The average Bonchev–Trinajstić information content (AvgIpc) is 3.00. The van der Waals surface area contributed by atoms with E-state index >= 15 is 0 Å². The number of thioether (sulfide) groups is 1. The summed E-state index contributed by atoms with van der Waals surface area (Å²) in [6, 6.07) is 6.70. The van der Waals surface area contributed by atoms with Gasteiger partial charge in [0.05, 0.1) is 0 Å². The van der Waals surface area contributed by atoms with Gasteiger partial charge in [0.1, 0.15) is 0 Å². The first-order valence-corrected chi connectivity index (χ1v) is 10.7. The quantitative estimate of drug-likeness (QED) is 0.698. The SMILES string of the molecule is CCCCCCSC1=NC2C(C(=O)NC(=O)N2C)N1Cc1ccc(Cl)cc1. The first kappa shape index (κ1) is 20.0. The number of amides is 3. The third-order valence-corrected chi connectivity index (χ3v) is 6.16. The van der Waals surface area contributed by atoms with Crippen molar-refractivity contribution in [3.63, 3.8) is 0 Å². The Balaban J connectivity index is 1.77. The molecule has 1 aromatic rings. The number of rotatable bonds is 7. The largest absolute Gasteiger partial charge is 0.331 e. The van der Waals surface area contributed by atoms with E-state index in [0.29, 0.717) is 11.6 Å². The highest BCUT2D eigenvalue weighted by molar-refractivity contribution is 8.13. The monoisotopic (exact) mass is 408 g/mol. The molecule has 2 atom stereocenters. The van der Waals surface area contributed by atoms with Gasteiger partial charge in [-0.3, -0.25) is 10.1 Å². The molecule has 0 aromatic heterocycles. The van der Waals surface area contributed by atoms with Gasteiger partial charge in [0.25, 0.3) is 5.91 Å². The van der Waals surface area contributed by atoms with Crippen molar-refractivity contribution in [3.05, 3.63) is 34.9 Å². The minimum absolute atomic E-state index is 0.289. The molecule has 1 aromatic carbocycles. The van der Waals surface area contributed by atoms with Gasteiger partial charge in [-0.25, -0.2) is 9.79 Å². The smallest absolute Gasteiger partial charge is 0.325 e. The van der Waals surface area contributed by atoms with Crippen molar-refractivity contribution in [3.8, 4) is 0 Å². The van der Waals surface area contributed by atoms with E-state index < -0.39 is 18.2 Å². The number of likely N-dealkylation sites (N-methyl/N-ethyl adjacent to an activating group) is 1. The summed E-state index contributed by atoms with van der Waals surface area (Å²) in [4.78, 5) is 32.8. The molecule has 2 aliphatic heterocycles. The number of hydrogen-bond acceptors (Lipinski definition) is 5. The van der Waals surface area contributed by atoms with Crippen molar-refractivity contribution < 1.29 is 9.59 Å². The lowest BCUT2D eigenvalue weighted by Gasteiger charge is -2.36. The summed E-state index contributed by atoms with van der Waals surface area (Å²) in [5.74, 6) is 0.664. The maximum Gasteiger partial charge on any atom is 0.325 e. The third kappa shape index (κ3) is 4.58. The number of unbranched alkanes of at least 4 members (excludes halogenated alkanes) is 3. The molecule has 0 radical (unpaired) electrons. The maximum absolute atomic E-state index is 12.5. The number of urea groups is 1. The van der Waals surface area contributed by atoms with Crippen LogP contribution in [0.3, 0.4) is 0 Å². The number of benzene rings is 1. The molecule has 0 aliphatic carbocycles. The predicted octanol–water partition coefficient (Wildman–Crippen LogP) is 3.70. The Bertz CT molecular complexity index is 725. The van der Waals surface area contributed by atoms with Crippen LogP contribution < -0.4 is 5.32 Å². The van der Waals surface area contributed by atoms with Gasteiger partial charge in [0, 0.05) is 24.4 Å². The molecular weight excluding hydrogens is 384 g/mol. The van der Waals surface area contributed by atoms with Gasteiger partial charge in [0.15, 0.2) is 17.4 Å². The summed E-state index contributed by atoms with van der Waals surface area (Å²) in [6.07, 6.45) is 4.26. The molecule has 1 fully saturated rings. The molecule has 27 heavy (non-hydrogen) atoms. The van der Waals surface area contributed by atoms with E-state index in [9.17, 15) is 9.59 Å². The molecule has 8 heteroatoms. The number of amidine groups is 1. The van der Waals surface area contributed by atoms with Gasteiger partial charge in [0.2, 0.25) is 0 Å². The van der Waals surface area contributed by atoms with Crippen molar-refractivity contribution in [2.75, 3.05) is 12.8 Å². The minimum Gasteiger partial charge on any atom is -0.331 e. The van der Waals surface area contributed by atoms with Crippen LogP contribution in [-0.4, -0.2) is 51.9 Å². The summed E-state index contributed by atoms with van der Waals surface area (Å²) >= 11 is 7.65. The highest BCUT2D eigenvalue weighted by atomic mass is 35.5. The van der Waals surface area contributed by atoms with Crippen molar-refractivity contribution in [1.29, 1.82) is 0 Å². The third-order valence-electron chi connectivity index (χ3n) is 4.82. The number of nitrogens with zero attached hydrogens (tertiary/aromatic N) is 3. The Hall–Kier alpha value is -1.73. The van der Waals surface area contributed by atoms with Crippen molar-refractivity contribution in [1.82, 2.24) is 15.1 Å². The fourth-order valence-electron chi connectivity index (χ4n) is 3.27. The van der Waals surface area contributed by atoms with E-state index in [1.54, 1.807) is 18.8 Å². The molecule has 1 saturated heterocycles. The molecule has 146 valence electrons. The van der Waals surface area contributed by atoms with Crippen molar-refractivity contribution in [2.24, 2.45) is 4.99 Å². The fraction of sp³-hybridized carbons (Fsp3) is 0.526. The van der Waals surface area contributed by atoms with Crippen LogP contribution in [0, 0.1) is 0 Å². The Morgan fingerprint density at radius 2 is 1.93 bits per heavy atom. The standard InChI is InChI=1S/C19H25ClN4O2S/c1-3-4-5-6-11-27-19-21-16-15(17(25)22-18(26)23(16)2)24(19)12-13-7-9-14(20)10-8-13/h7-10,15-16H,3-6,11-12H2,1-2H3,(H,22,25,26). The van der Waals surface area contributed by atoms with Crippen LogP contribution in [0.15, 0.2) is 29.3 Å². The van der Waals surface area contributed by atoms with E-state index in [1.807, 2.05) is 29.2 Å². The van der Waals surface area contributed by atoms with Crippen LogP contribution in [0.25, 0.3) is 0 Å². The van der Waals surface area contributed by atoms with Crippen LogP contribution in [0.1, 0.15) is 38.2 Å². The molecule has 0 saturated carbocycles. The summed E-state index contributed by atoms with van der Waals surface area (Å²) in [5.41, 5.74) is 1.05. The lowest BCUT2D eigenvalue weighted by Crippen LogP contribution is -2.63. The Labute approximate surface area is 169 Å². The Kier molecular flexibility index (Phi) is 6.65. The van der Waals surface area contributed by atoms with Crippen molar-refractivity contribution in [2.45, 2.75) is 51.4 Å². The zero-order chi connectivity index (χ0) is 19.4. The number of aliphatic imine (C=N–C) groups is 1. The van der Waals surface area contributed by atoms with E-state index in [-0.39, 0.29) is 5.91 Å². The van der Waals surface area contributed by atoms with Crippen LogP contribution >= 0.6 is 23.4 Å². The number of carbonyl (C=O) groups is 2. The molecule has 6 nitrogen and oxygen atoms in total. The minimum atomic E-state index is -0.499. The second kappa shape index (κ2) is 8.97. The van der Waals surface area contributed by atoms with Crippen LogP contribution in [-0.2, 0) is 11.3 Å². The van der Waals surface area contributed by atoms with E-state index in [1.165, 1.54) is 24.2 Å². The number of carbonyl (C=O) groups excluding carboxylic acids is 2. The van der Waals surface area contributed by atoms with Gasteiger partial charge in [-0.1, -0.05) is 61.7 Å². The lowest BCUT2D eigenvalue weighted by molar-refractivity contribution is -0.127.